The fraction of sp³-hybridized carbons (Fsp3) is 0.276. The molecule has 0 spiro atoms. The van der Waals surface area contributed by atoms with Crippen LogP contribution >= 0.6 is 0 Å². The molecule has 6 heteroatoms. The average Bonchev–Trinajstić information content (AvgIpc) is 2.84. The van der Waals surface area contributed by atoms with E-state index in [0.29, 0.717) is 23.6 Å². The minimum atomic E-state index is -0.381. The highest BCUT2D eigenvalue weighted by Crippen LogP contribution is 2.36. The van der Waals surface area contributed by atoms with Gasteiger partial charge in [-0.1, -0.05) is 60.7 Å². The summed E-state index contributed by atoms with van der Waals surface area (Å²) in [6.07, 6.45) is 0. The Hall–Kier alpha value is -3.77. The van der Waals surface area contributed by atoms with Crippen LogP contribution in [-0.4, -0.2) is 42.8 Å². The number of rotatable bonds is 6. The standard InChI is InChI=1S/C29H30N2O4/c1-21-27-25(34-20-23-11-7-4-8-12-23)17-24(32)18-26(27)35-29(33)28(21)30-13-15-31(2,16-14-30)19-22-9-5-3-6-10-22/h3-12,17-18H,13-16,19-20H2,1-2H3/p+1. The number of benzene rings is 3. The second-order valence-corrected chi connectivity index (χ2v) is 9.65. The molecule has 0 amide bonds. The highest BCUT2D eigenvalue weighted by molar-refractivity contribution is 5.91. The first-order valence-corrected chi connectivity index (χ1v) is 12.0. The SMILES string of the molecule is Cc1c(N2CC[N+](C)(Cc3ccccc3)CC2)c(=O)oc2cc(O)cc(OCc3ccccc3)c12. The minimum absolute atomic E-state index is 0.00260. The van der Waals surface area contributed by atoms with Crippen molar-refractivity contribution in [2.75, 3.05) is 38.1 Å². The summed E-state index contributed by atoms with van der Waals surface area (Å²) in [5.41, 5.74) is 3.70. The fourth-order valence-electron chi connectivity index (χ4n) is 5.02. The summed E-state index contributed by atoms with van der Waals surface area (Å²) in [5, 5.41) is 11.0. The summed E-state index contributed by atoms with van der Waals surface area (Å²) in [6, 6.07) is 23.5. The summed E-state index contributed by atoms with van der Waals surface area (Å²) < 4.78 is 12.7. The van der Waals surface area contributed by atoms with Gasteiger partial charge in [-0.2, -0.15) is 0 Å². The van der Waals surface area contributed by atoms with E-state index in [0.717, 1.165) is 53.7 Å². The Bertz CT molecular complexity index is 1370. The Balaban J connectivity index is 1.42. The Kier molecular flexibility index (Phi) is 6.22. The van der Waals surface area contributed by atoms with Gasteiger partial charge in [-0.15, -0.1) is 0 Å². The van der Waals surface area contributed by atoms with Gasteiger partial charge in [0.1, 0.15) is 35.9 Å². The maximum Gasteiger partial charge on any atom is 0.360 e. The van der Waals surface area contributed by atoms with Crippen molar-refractivity contribution in [2.45, 2.75) is 20.1 Å². The molecule has 0 bridgehead atoms. The molecule has 0 saturated carbocycles. The van der Waals surface area contributed by atoms with Crippen LogP contribution in [0, 0.1) is 6.92 Å². The quantitative estimate of drug-likeness (QED) is 0.322. The van der Waals surface area contributed by atoms with Crippen LogP contribution in [0.4, 0.5) is 5.69 Å². The number of fused-ring (bicyclic) bond motifs is 1. The molecular formula is C29H31N2O4+. The van der Waals surface area contributed by atoms with E-state index in [-0.39, 0.29) is 11.4 Å². The molecule has 1 aliphatic rings. The van der Waals surface area contributed by atoms with Crippen LogP contribution in [-0.2, 0) is 13.2 Å². The van der Waals surface area contributed by atoms with Gasteiger partial charge < -0.3 is 23.6 Å². The Labute approximate surface area is 205 Å². The van der Waals surface area contributed by atoms with Crippen LogP contribution in [0.25, 0.3) is 11.0 Å². The third-order valence-corrected chi connectivity index (χ3v) is 6.96. The van der Waals surface area contributed by atoms with Gasteiger partial charge >= 0.3 is 5.63 Å². The summed E-state index contributed by atoms with van der Waals surface area (Å²) in [5.74, 6) is 0.510. The number of phenols is 1. The molecule has 3 aromatic carbocycles. The van der Waals surface area contributed by atoms with Crippen molar-refractivity contribution in [3.63, 3.8) is 0 Å². The van der Waals surface area contributed by atoms with Gasteiger partial charge in [0.05, 0.1) is 38.6 Å². The van der Waals surface area contributed by atoms with Crippen molar-refractivity contribution in [3.8, 4) is 11.5 Å². The molecule has 1 N–H and O–H groups in total. The van der Waals surface area contributed by atoms with E-state index in [2.05, 4.69) is 36.2 Å². The molecule has 1 aromatic heterocycles. The molecule has 0 radical (unpaired) electrons. The van der Waals surface area contributed by atoms with E-state index >= 15 is 0 Å². The van der Waals surface area contributed by atoms with Gasteiger partial charge in [-0.3, -0.25) is 0 Å². The lowest BCUT2D eigenvalue weighted by molar-refractivity contribution is -0.923. The molecule has 5 rings (SSSR count). The summed E-state index contributed by atoms with van der Waals surface area (Å²) in [7, 11) is 2.28. The van der Waals surface area contributed by atoms with E-state index in [1.54, 1.807) is 6.07 Å². The third kappa shape index (κ3) is 4.88. The number of likely N-dealkylation sites (N-methyl/N-ethyl adjacent to an activating group) is 1. The fourth-order valence-corrected chi connectivity index (χ4v) is 5.02. The minimum Gasteiger partial charge on any atom is -0.508 e. The lowest BCUT2D eigenvalue weighted by Gasteiger charge is -2.42. The van der Waals surface area contributed by atoms with E-state index in [9.17, 15) is 9.90 Å². The van der Waals surface area contributed by atoms with E-state index in [4.69, 9.17) is 9.15 Å². The number of ether oxygens (including phenoxy) is 1. The Morgan fingerprint density at radius 2 is 1.60 bits per heavy atom. The van der Waals surface area contributed by atoms with Crippen LogP contribution in [0.2, 0.25) is 0 Å². The molecule has 0 aliphatic carbocycles. The molecule has 1 aliphatic heterocycles. The maximum atomic E-state index is 13.1. The smallest absolute Gasteiger partial charge is 0.360 e. The number of quaternary nitrogens is 1. The molecule has 0 unspecified atom stereocenters. The second kappa shape index (κ2) is 9.47. The van der Waals surface area contributed by atoms with Gasteiger partial charge in [0.15, 0.2) is 0 Å². The van der Waals surface area contributed by atoms with Gasteiger partial charge in [-0.25, -0.2) is 4.79 Å². The van der Waals surface area contributed by atoms with Gasteiger partial charge in [-0.05, 0) is 18.1 Å². The highest BCUT2D eigenvalue weighted by atomic mass is 16.5. The summed E-state index contributed by atoms with van der Waals surface area (Å²) in [4.78, 5) is 15.2. The number of anilines is 1. The number of piperazine rings is 1. The molecule has 4 aromatic rings. The van der Waals surface area contributed by atoms with Gasteiger partial charge in [0.2, 0.25) is 0 Å². The summed E-state index contributed by atoms with van der Waals surface area (Å²) >= 11 is 0. The number of nitrogens with zero attached hydrogens (tertiary/aromatic N) is 2. The molecule has 0 atom stereocenters. The Morgan fingerprint density at radius 3 is 2.26 bits per heavy atom. The molecule has 1 fully saturated rings. The molecule has 180 valence electrons. The van der Waals surface area contributed by atoms with Crippen molar-refractivity contribution in [3.05, 3.63) is 99.9 Å². The first-order valence-electron chi connectivity index (χ1n) is 12.0. The van der Waals surface area contributed by atoms with Crippen LogP contribution in [0.5, 0.6) is 11.5 Å². The second-order valence-electron chi connectivity index (χ2n) is 9.65. The first-order chi connectivity index (χ1) is 16.9. The predicted molar refractivity (Wildman–Crippen MR) is 138 cm³/mol. The molecule has 2 heterocycles. The molecule has 1 saturated heterocycles. The van der Waals surface area contributed by atoms with Crippen molar-refractivity contribution in [2.24, 2.45) is 0 Å². The Morgan fingerprint density at radius 1 is 0.971 bits per heavy atom. The van der Waals surface area contributed by atoms with Crippen molar-refractivity contribution < 1.29 is 18.7 Å². The highest BCUT2D eigenvalue weighted by Gasteiger charge is 2.31. The van der Waals surface area contributed by atoms with Crippen LogP contribution < -0.4 is 15.3 Å². The molecule has 35 heavy (non-hydrogen) atoms. The molecule has 6 nitrogen and oxygen atoms in total. The first kappa shape index (κ1) is 23.0. The van der Waals surface area contributed by atoms with Crippen LogP contribution in [0.1, 0.15) is 16.7 Å². The lowest BCUT2D eigenvalue weighted by atomic mass is 10.1. The monoisotopic (exact) mass is 471 g/mol. The van der Waals surface area contributed by atoms with Gasteiger partial charge in [0.25, 0.3) is 0 Å². The number of aromatic hydroxyl groups is 1. The van der Waals surface area contributed by atoms with E-state index in [1.807, 2.05) is 43.3 Å². The van der Waals surface area contributed by atoms with Crippen LogP contribution in [0.3, 0.4) is 0 Å². The topological polar surface area (TPSA) is 62.9 Å². The lowest BCUT2D eigenvalue weighted by Crippen LogP contribution is -2.57. The zero-order valence-electron chi connectivity index (χ0n) is 20.2. The predicted octanol–water partition coefficient (Wildman–Crippen LogP) is 4.85. The van der Waals surface area contributed by atoms with Gasteiger partial charge in [0, 0.05) is 17.7 Å². The van der Waals surface area contributed by atoms with Crippen molar-refractivity contribution in [1.82, 2.24) is 0 Å². The molecular weight excluding hydrogens is 440 g/mol. The zero-order valence-corrected chi connectivity index (χ0v) is 20.2. The zero-order chi connectivity index (χ0) is 24.4. The number of hydrogen-bond acceptors (Lipinski definition) is 5. The van der Waals surface area contributed by atoms with E-state index < -0.39 is 0 Å². The maximum absolute atomic E-state index is 13.1. The van der Waals surface area contributed by atoms with Crippen LogP contribution in [0.15, 0.2) is 82.0 Å². The summed E-state index contributed by atoms with van der Waals surface area (Å²) in [6.45, 7) is 6.64. The average molecular weight is 472 g/mol. The van der Waals surface area contributed by atoms with Crippen molar-refractivity contribution >= 4 is 16.7 Å². The normalized spacial score (nSPS) is 15.3. The third-order valence-electron chi connectivity index (χ3n) is 6.96. The van der Waals surface area contributed by atoms with Crippen molar-refractivity contribution in [1.29, 1.82) is 0 Å². The largest absolute Gasteiger partial charge is 0.508 e. The number of hydrogen-bond donors (Lipinski definition) is 1. The number of phenolic OH excluding ortho intramolecular Hbond substituents is 1. The number of aryl methyl sites for hydroxylation is 1. The van der Waals surface area contributed by atoms with E-state index in [1.165, 1.54) is 11.6 Å².